The molecule has 0 aliphatic heterocycles. The highest BCUT2D eigenvalue weighted by Gasteiger charge is 2.25. The van der Waals surface area contributed by atoms with Crippen LogP contribution in [0.15, 0.2) is 82.2 Å². The number of aromatic nitrogens is 2. The maximum Gasteiger partial charge on any atom is 0.511 e. The van der Waals surface area contributed by atoms with Gasteiger partial charge in [-0.2, -0.15) is 10.1 Å². The van der Waals surface area contributed by atoms with Crippen molar-refractivity contribution in [1.29, 1.82) is 0 Å². The van der Waals surface area contributed by atoms with Gasteiger partial charge in [0.25, 0.3) is 6.01 Å². The summed E-state index contributed by atoms with van der Waals surface area (Å²) in [7, 11) is 1.58. The van der Waals surface area contributed by atoms with Crippen molar-refractivity contribution in [2.45, 2.75) is 71.8 Å². The van der Waals surface area contributed by atoms with E-state index >= 15 is 0 Å². The first-order valence-corrected chi connectivity index (χ1v) is 15.6. The van der Waals surface area contributed by atoms with Crippen LogP contribution in [0.25, 0.3) is 22.2 Å². The normalized spacial score (nSPS) is 14.7. The van der Waals surface area contributed by atoms with Gasteiger partial charge in [-0.05, 0) is 73.6 Å². The van der Waals surface area contributed by atoms with Crippen molar-refractivity contribution in [2.24, 2.45) is 15.4 Å². The highest BCUT2D eigenvalue weighted by Crippen LogP contribution is 2.29. The van der Waals surface area contributed by atoms with Gasteiger partial charge in [0.15, 0.2) is 0 Å². The van der Waals surface area contributed by atoms with Gasteiger partial charge in [-0.15, -0.1) is 5.10 Å². The molecule has 4 aromatic rings. The zero-order valence-corrected chi connectivity index (χ0v) is 26.6. The molecule has 240 valence electrons. The molecule has 1 heterocycles. The summed E-state index contributed by atoms with van der Waals surface area (Å²) in [6.07, 6.45) is 2.66. The minimum atomic E-state index is -1.14. The Balaban J connectivity index is 1.37. The van der Waals surface area contributed by atoms with Gasteiger partial charge >= 0.3 is 12.1 Å². The lowest BCUT2D eigenvalue weighted by Gasteiger charge is -2.22. The second-order valence-corrected chi connectivity index (χ2v) is 11.0. The Morgan fingerprint density at radius 3 is 2.43 bits per heavy atom. The van der Waals surface area contributed by atoms with Gasteiger partial charge in [0.1, 0.15) is 6.10 Å². The van der Waals surface area contributed by atoms with E-state index in [-0.39, 0.29) is 11.7 Å². The van der Waals surface area contributed by atoms with Crippen LogP contribution >= 0.6 is 0 Å². The van der Waals surface area contributed by atoms with Crippen molar-refractivity contribution >= 4 is 28.9 Å². The van der Waals surface area contributed by atoms with Gasteiger partial charge in [0.2, 0.25) is 6.29 Å². The number of para-hydroxylation sites is 1. The number of fused-ring (bicyclic) bond motifs is 1. The van der Waals surface area contributed by atoms with Crippen molar-refractivity contribution in [3.05, 3.63) is 83.4 Å². The topological polar surface area (TPSA) is 126 Å². The number of rotatable bonds is 11. The fraction of sp³-hybridized carbons (Fsp3) is 0.371. The minimum absolute atomic E-state index is 0.163. The van der Waals surface area contributed by atoms with E-state index in [0.717, 1.165) is 60.1 Å². The highest BCUT2D eigenvalue weighted by molar-refractivity contribution is 6.04. The Kier molecular flexibility index (Phi) is 10.7. The minimum Gasteiger partial charge on any atom is -0.465 e. The number of benzene rings is 3. The maximum atomic E-state index is 13.4. The van der Waals surface area contributed by atoms with Crippen LogP contribution in [-0.2, 0) is 20.8 Å². The number of imidazole rings is 1. The third-order valence-corrected chi connectivity index (χ3v) is 7.78. The third kappa shape index (κ3) is 7.77. The molecule has 11 heteroatoms. The summed E-state index contributed by atoms with van der Waals surface area (Å²) in [4.78, 5) is 30.4. The molecule has 0 amide bonds. The first-order valence-electron chi connectivity index (χ1n) is 15.6. The molecule has 0 bridgehead atoms. The number of carbonyl (C=O) groups is 2. The predicted octanol–water partition coefficient (Wildman–Crippen LogP) is 7.95. The molecule has 1 saturated carbocycles. The fourth-order valence-electron chi connectivity index (χ4n) is 5.62. The lowest BCUT2D eigenvalue weighted by molar-refractivity contribution is -0.0914. The van der Waals surface area contributed by atoms with Crippen molar-refractivity contribution in [2.75, 3.05) is 13.7 Å². The van der Waals surface area contributed by atoms with Gasteiger partial charge in [-0.25, -0.2) is 9.59 Å². The molecular weight excluding hydrogens is 586 g/mol. The van der Waals surface area contributed by atoms with Crippen LogP contribution in [0.5, 0.6) is 6.01 Å². The van der Waals surface area contributed by atoms with E-state index in [9.17, 15) is 9.59 Å². The summed E-state index contributed by atoms with van der Waals surface area (Å²) in [6, 6.07) is 21.7. The summed E-state index contributed by atoms with van der Waals surface area (Å²) >= 11 is 0. The summed E-state index contributed by atoms with van der Waals surface area (Å²) in [5.41, 5.74) is 6.14. The average Bonchev–Trinajstić information content (AvgIpc) is 3.41. The summed E-state index contributed by atoms with van der Waals surface area (Å²) < 4.78 is 23.9. The Hall–Kier alpha value is -5.06. The molecule has 11 nitrogen and oxygen atoms in total. The molecule has 0 radical (unpaired) electrons. The molecule has 1 aliphatic rings. The molecule has 1 unspecified atom stereocenters. The van der Waals surface area contributed by atoms with Crippen molar-refractivity contribution in [1.82, 2.24) is 9.55 Å². The fourth-order valence-corrected chi connectivity index (χ4v) is 5.62. The molecule has 1 fully saturated rings. The van der Waals surface area contributed by atoms with Crippen LogP contribution < -0.4 is 4.74 Å². The number of hydrogen-bond acceptors (Lipinski definition) is 9. The molecule has 1 aliphatic carbocycles. The second-order valence-electron chi connectivity index (χ2n) is 11.0. The van der Waals surface area contributed by atoms with E-state index in [1.165, 1.54) is 6.92 Å². The maximum absolute atomic E-state index is 13.4. The van der Waals surface area contributed by atoms with E-state index in [1.807, 2.05) is 73.0 Å². The van der Waals surface area contributed by atoms with E-state index in [1.54, 1.807) is 19.2 Å². The molecule has 46 heavy (non-hydrogen) atoms. The van der Waals surface area contributed by atoms with Gasteiger partial charge in [-0.3, -0.25) is 4.57 Å². The van der Waals surface area contributed by atoms with Crippen LogP contribution in [0.1, 0.15) is 74.4 Å². The van der Waals surface area contributed by atoms with Gasteiger partial charge in [-0.1, -0.05) is 61.0 Å². The second kappa shape index (κ2) is 15.3. The lowest BCUT2D eigenvalue weighted by Crippen LogP contribution is -2.26. The Morgan fingerprint density at radius 1 is 0.957 bits per heavy atom. The summed E-state index contributed by atoms with van der Waals surface area (Å²) in [5, 5.41) is 11.7. The standard InChI is InChI=1S/C35H39N5O6/c1-5-43-34-37-31-17-11-16-30(33(41)44-24(3)45-35(42)46-27-12-7-6-8-13-27)32(31)40(34)22-25-18-20-26(21-19-25)29-15-10-9-14-28(29)23(2)38-39-36-4/h9-11,14-21,24,27H,5-8,12-13,22H2,1-4H3/b38-23+,39-36?. The third-order valence-electron chi connectivity index (χ3n) is 7.78. The van der Waals surface area contributed by atoms with Crippen LogP contribution in [0.2, 0.25) is 0 Å². The van der Waals surface area contributed by atoms with E-state index in [4.69, 9.17) is 18.9 Å². The van der Waals surface area contributed by atoms with Crippen molar-refractivity contribution in [3.8, 4) is 17.1 Å². The number of ether oxygens (including phenoxy) is 4. The van der Waals surface area contributed by atoms with Gasteiger partial charge in [0.05, 0.1) is 42.5 Å². The molecule has 5 rings (SSSR count). The van der Waals surface area contributed by atoms with Crippen LogP contribution in [-0.4, -0.2) is 53.4 Å². The van der Waals surface area contributed by atoms with Crippen LogP contribution in [0.3, 0.4) is 0 Å². The monoisotopic (exact) mass is 625 g/mol. The molecule has 3 aromatic carbocycles. The summed E-state index contributed by atoms with van der Waals surface area (Å²) in [6.45, 7) is 6.05. The highest BCUT2D eigenvalue weighted by atomic mass is 16.8. The van der Waals surface area contributed by atoms with E-state index in [2.05, 4.69) is 20.4 Å². The first kappa shape index (κ1) is 32.3. The molecule has 0 saturated heterocycles. The largest absolute Gasteiger partial charge is 0.511 e. The zero-order chi connectivity index (χ0) is 32.5. The Morgan fingerprint density at radius 2 is 1.70 bits per heavy atom. The number of nitrogens with zero attached hydrogens (tertiary/aromatic N) is 5. The Labute approximate surface area is 268 Å². The Bertz CT molecular complexity index is 1720. The van der Waals surface area contributed by atoms with Gasteiger partial charge < -0.3 is 18.9 Å². The average molecular weight is 626 g/mol. The molecule has 1 atom stereocenters. The summed E-state index contributed by atoms with van der Waals surface area (Å²) in [5.74, 6) is -0.653. The lowest BCUT2D eigenvalue weighted by atomic mass is 9.96. The smallest absolute Gasteiger partial charge is 0.465 e. The molecule has 1 aromatic heterocycles. The van der Waals surface area contributed by atoms with Crippen molar-refractivity contribution in [3.63, 3.8) is 0 Å². The van der Waals surface area contributed by atoms with E-state index in [0.29, 0.717) is 30.2 Å². The zero-order valence-electron chi connectivity index (χ0n) is 26.6. The SMILES string of the molecule is CCOc1nc2cccc(C(=O)OC(C)OC(=O)OC3CCCCC3)c2n1Cc1ccc(-c2ccccc2/C(C)=N/N=NC)cc1. The predicted molar refractivity (Wildman–Crippen MR) is 174 cm³/mol. The quantitative estimate of drug-likeness (QED) is 0.0544. The number of hydrogen-bond donors (Lipinski definition) is 0. The van der Waals surface area contributed by atoms with Crippen LogP contribution in [0, 0.1) is 0 Å². The molecule has 0 spiro atoms. The number of esters is 1. The van der Waals surface area contributed by atoms with Crippen molar-refractivity contribution < 1.29 is 28.5 Å². The number of carbonyl (C=O) groups excluding carboxylic acids is 2. The first-order chi connectivity index (χ1) is 22.4. The van der Waals surface area contributed by atoms with E-state index < -0.39 is 18.4 Å². The van der Waals surface area contributed by atoms with Gasteiger partial charge in [0, 0.05) is 12.5 Å². The molecular formula is C35H39N5O6. The molecule has 0 N–H and O–H groups in total. The van der Waals surface area contributed by atoms with Crippen LogP contribution in [0.4, 0.5) is 4.79 Å².